The molecular weight excluding hydrogens is 290 g/mol. The Morgan fingerprint density at radius 1 is 1.29 bits per heavy atom. The summed E-state index contributed by atoms with van der Waals surface area (Å²) in [5, 5.41) is 12.2. The molecule has 4 nitrogen and oxygen atoms in total. The van der Waals surface area contributed by atoms with E-state index in [9.17, 15) is 4.79 Å². The number of ether oxygens (including phenoxy) is 1. The number of amides is 1. The highest BCUT2D eigenvalue weighted by Gasteiger charge is 2.23. The van der Waals surface area contributed by atoms with Gasteiger partial charge in [-0.3, -0.25) is 4.79 Å². The van der Waals surface area contributed by atoms with Crippen LogP contribution in [0.15, 0.2) is 24.3 Å². The maximum atomic E-state index is 12.3. The first kappa shape index (κ1) is 18.0. The molecule has 5 heteroatoms. The van der Waals surface area contributed by atoms with Gasteiger partial charge in [-0.25, -0.2) is 0 Å². The van der Waals surface area contributed by atoms with E-state index in [1.807, 2.05) is 38.1 Å². The number of benzene rings is 1. The smallest absolute Gasteiger partial charge is 0.227 e. The molecule has 0 radical (unpaired) electrons. The first-order valence-electron chi connectivity index (χ1n) is 7.28. The van der Waals surface area contributed by atoms with E-state index in [0.717, 1.165) is 12.0 Å². The van der Waals surface area contributed by atoms with Crippen molar-refractivity contribution in [1.82, 2.24) is 5.32 Å². The van der Waals surface area contributed by atoms with Crippen molar-refractivity contribution in [3.8, 4) is 0 Å². The molecule has 1 unspecified atom stereocenters. The molecule has 0 aliphatic heterocycles. The second-order valence-electron chi connectivity index (χ2n) is 5.25. The van der Waals surface area contributed by atoms with Crippen LogP contribution in [0, 0.1) is 5.92 Å². The van der Waals surface area contributed by atoms with Crippen LogP contribution in [0.1, 0.15) is 31.7 Å². The van der Waals surface area contributed by atoms with Crippen molar-refractivity contribution in [2.75, 3.05) is 26.4 Å². The highest BCUT2D eigenvalue weighted by molar-refractivity contribution is 6.30. The zero-order valence-electron chi connectivity index (χ0n) is 12.6. The van der Waals surface area contributed by atoms with Gasteiger partial charge in [-0.15, -0.1) is 0 Å². The lowest BCUT2D eigenvalue weighted by molar-refractivity contribution is -0.123. The molecule has 0 saturated heterocycles. The fourth-order valence-electron chi connectivity index (χ4n) is 2.17. The average Bonchev–Trinajstić information content (AvgIpc) is 2.44. The van der Waals surface area contributed by atoms with Gasteiger partial charge in [0.15, 0.2) is 0 Å². The third-order valence-corrected chi connectivity index (χ3v) is 3.43. The lowest BCUT2D eigenvalue weighted by atomic mass is 9.87. The van der Waals surface area contributed by atoms with Gasteiger partial charge in [-0.05, 0) is 30.0 Å². The van der Waals surface area contributed by atoms with Gasteiger partial charge in [0.25, 0.3) is 0 Å². The van der Waals surface area contributed by atoms with Crippen LogP contribution in [0.4, 0.5) is 0 Å². The number of nitrogens with one attached hydrogen (secondary N) is 1. The summed E-state index contributed by atoms with van der Waals surface area (Å²) >= 11 is 5.89. The lowest BCUT2D eigenvalue weighted by Crippen LogP contribution is -2.33. The zero-order valence-corrected chi connectivity index (χ0v) is 13.4. The Labute approximate surface area is 131 Å². The summed E-state index contributed by atoms with van der Waals surface area (Å²) in [6.45, 7) is 5.54. The van der Waals surface area contributed by atoms with E-state index in [1.54, 1.807) is 0 Å². The Bertz CT molecular complexity index is 420. The summed E-state index contributed by atoms with van der Waals surface area (Å²) in [5.41, 5.74) is 0.975. The van der Waals surface area contributed by atoms with Crippen molar-refractivity contribution in [3.63, 3.8) is 0 Å². The maximum absolute atomic E-state index is 12.3. The Morgan fingerprint density at radius 3 is 2.52 bits per heavy atom. The van der Waals surface area contributed by atoms with E-state index >= 15 is 0 Å². The van der Waals surface area contributed by atoms with E-state index < -0.39 is 0 Å². The van der Waals surface area contributed by atoms with E-state index in [-0.39, 0.29) is 24.3 Å². The fourth-order valence-corrected chi connectivity index (χ4v) is 2.30. The number of hydrogen-bond acceptors (Lipinski definition) is 3. The first-order chi connectivity index (χ1) is 10.1. The SMILES string of the molecule is CC(C)C(C(=O)NCCCOCCO)c1ccc(Cl)cc1. The second kappa shape index (κ2) is 9.77. The Kier molecular flexibility index (Phi) is 8.35. The van der Waals surface area contributed by atoms with E-state index in [0.29, 0.717) is 24.8 Å². The third-order valence-electron chi connectivity index (χ3n) is 3.18. The zero-order chi connectivity index (χ0) is 15.7. The molecule has 2 N–H and O–H groups in total. The van der Waals surface area contributed by atoms with Crippen molar-refractivity contribution in [3.05, 3.63) is 34.9 Å². The largest absolute Gasteiger partial charge is 0.394 e. The van der Waals surface area contributed by atoms with Gasteiger partial charge in [-0.2, -0.15) is 0 Å². The highest BCUT2D eigenvalue weighted by atomic mass is 35.5. The Balaban J connectivity index is 2.49. The fraction of sp³-hybridized carbons (Fsp3) is 0.562. The molecule has 0 saturated carbocycles. The minimum atomic E-state index is -0.180. The van der Waals surface area contributed by atoms with Gasteiger partial charge in [0.2, 0.25) is 5.91 Å². The van der Waals surface area contributed by atoms with Gasteiger partial charge in [-0.1, -0.05) is 37.6 Å². The van der Waals surface area contributed by atoms with E-state index in [2.05, 4.69) is 5.32 Å². The molecule has 0 aromatic heterocycles. The average molecular weight is 314 g/mol. The molecule has 21 heavy (non-hydrogen) atoms. The van der Waals surface area contributed by atoms with Crippen LogP contribution in [0.25, 0.3) is 0 Å². The quantitative estimate of drug-likeness (QED) is 0.689. The summed E-state index contributed by atoms with van der Waals surface area (Å²) in [4.78, 5) is 12.3. The predicted molar refractivity (Wildman–Crippen MR) is 84.6 cm³/mol. The molecule has 1 aromatic carbocycles. The summed E-state index contributed by atoms with van der Waals surface area (Å²) in [6, 6.07) is 7.42. The standard InChI is InChI=1S/C16H24ClNO3/c1-12(2)15(13-4-6-14(17)7-5-13)16(20)18-8-3-10-21-11-9-19/h4-7,12,15,19H,3,8-11H2,1-2H3,(H,18,20). The highest BCUT2D eigenvalue weighted by Crippen LogP contribution is 2.25. The summed E-state index contributed by atoms with van der Waals surface area (Å²) < 4.78 is 5.15. The molecular formula is C16H24ClNO3. The Hall–Kier alpha value is -1.10. The first-order valence-corrected chi connectivity index (χ1v) is 7.65. The number of carbonyl (C=O) groups excluding carboxylic acids is 1. The van der Waals surface area contributed by atoms with Crippen LogP contribution in [-0.4, -0.2) is 37.4 Å². The van der Waals surface area contributed by atoms with Crippen LogP contribution in [0.3, 0.4) is 0 Å². The molecule has 1 amide bonds. The number of aliphatic hydroxyl groups excluding tert-OH is 1. The number of carbonyl (C=O) groups is 1. The lowest BCUT2D eigenvalue weighted by Gasteiger charge is -2.21. The Morgan fingerprint density at radius 2 is 1.95 bits per heavy atom. The van der Waals surface area contributed by atoms with Crippen molar-refractivity contribution in [1.29, 1.82) is 0 Å². The molecule has 118 valence electrons. The van der Waals surface area contributed by atoms with Crippen LogP contribution < -0.4 is 5.32 Å². The topological polar surface area (TPSA) is 58.6 Å². The van der Waals surface area contributed by atoms with Gasteiger partial charge in [0.05, 0.1) is 19.1 Å². The molecule has 0 fully saturated rings. The molecule has 1 aromatic rings. The number of aliphatic hydroxyl groups is 1. The number of rotatable bonds is 9. The van der Waals surface area contributed by atoms with Gasteiger partial charge < -0.3 is 15.2 Å². The van der Waals surface area contributed by atoms with E-state index in [4.69, 9.17) is 21.4 Å². The molecule has 1 atom stereocenters. The minimum absolute atomic E-state index is 0.0227. The molecule has 0 aliphatic rings. The van der Waals surface area contributed by atoms with Crippen LogP contribution in [-0.2, 0) is 9.53 Å². The van der Waals surface area contributed by atoms with Crippen molar-refractivity contribution >= 4 is 17.5 Å². The second-order valence-corrected chi connectivity index (χ2v) is 5.69. The van der Waals surface area contributed by atoms with Gasteiger partial charge in [0.1, 0.15) is 0 Å². The van der Waals surface area contributed by atoms with Crippen LogP contribution >= 0.6 is 11.6 Å². The van der Waals surface area contributed by atoms with Crippen molar-refractivity contribution in [2.45, 2.75) is 26.2 Å². The maximum Gasteiger partial charge on any atom is 0.227 e. The molecule has 0 heterocycles. The summed E-state index contributed by atoms with van der Waals surface area (Å²) in [6.07, 6.45) is 0.733. The van der Waals surface area contributed by atoms with E-state index in [1.165, 1.54) is 0 Å². The predicted octanol–water partition coefficient (Wildman–Crippen LogP) is 2.59. The van der Waals surface area contributed by atoms with Gasteiger partial charge in [0, 0.05) is 18.2 Å². The number of halogens is 1. The monoisotopic (exact) mass is 313 g/mol. The third kappa shape index (κ3) is 6.46. The minimum Gasteiger partial charge on any atom is -0.394 e. The normalized spacial score (nSPS) is 12.4. The molecule has 0 bridgehead atoms. The van der Waals surface area contributed by atoms with Crippen LogP contribution in [0.2, 0.25) is 5.02 Å². The number of hydrogen-bond donors (Lipinski definition) is 2. The van der Waals surface area contributed by atoms with Crippen molar-refractivity contribution < 1.29 is 14.6 Å². The molecule has 0 aliphatic carbocycles. The molecule has 1 rings (SSSR count). The summed E-state index contributed by atoms with van der Waals surface area (Å²) in [7, 11) is 0. The summed E-state index contributed by atoms with van der Waals surface area (Å²) in [5.74, 6) is 0.0481. The van der Waals surface area contributed by atoms with Crippen LogP contribution in [0.5, 0.6) is 0 Å². The van der Waals surface area contributed by atoms with Gasteiger partial charge >= 0.3 is 0 Å². The molecule has 0 spiro atoms. The van der Waals surface area contributed by atoms with Crippen molar-refractivity contribution in [2.24, 2.45) is 5.92 Å².